The van der Waals surface area contributed by atoms with Crippen molar-refractivity contribution in [2.75, 3.05) is 31.3 Å². The molecule has 4 heterocycles. The molecular formula is C25H34I2N6O7. The second kappa shape index (κ2) is 15.4. The molecule has 2 aromatic heterocycles. The first kappa shape index (κ1) is 32.6. The molecule has 0 amide bonds. The predicted octanol–water partition coefficient (Wildman–Crippen LogP) is 1.98. The Morgan fingerprint density at radius 2 is 1.38 bits per heavy atom. The van der Waals surface area contributed by atoms with E-state index in [-0.39, 0.29) is 42.8 Å². The van der Waals surface area contributed by atoms with Crippen molar-refractivity contribution in [3.05, 3.63) is 65.8 Å². The maximum atomic E-state index is 11.9. The Morgan fingerprint density at radius 1 is 0.950 bits per heavy atom. The molecule has 40 heavy (non-hydrogen) atoms. The Kier molecular flexibility index (Phi) is 12.5. The van der Waals surface area contributed by atoms with E-state index < -0.39 is 23.7 Å². The van der Waals surface area contributed by atoms with Gasteiger partial charge >= 0.3 is 11.4 Å². The molecule has 2 saturated heterocycles. The van der Waals surface area contributed by atoms with Gasteiger partial charge < -0.3 is 35.5 Å². The van der Waals surface area contributed by atoms with Gasteiger partial charge in [0.05, 0.1) is 45.3 Å². The highest BCUT2D eigenvalue weighted by Crippen LogP contribution is 2.32. The number of nitrogens with two attached hydrogens (primary N) is 2. The first-order chi connectivity index (χ1) is 19.1. The zero-order valence-corrected chi connectivity index (χ0v) is 26.3. The lowest BCUT2D eigenvalue weighted by Gasteiger charge is -2.16. The van der Waals surface area contributed by atoms with Crippen LogP contribution in [0.1, 0.15) is 38.6 Å². The van der Waals surface area contributed by atoms with Crippen LogP contribution in [0.5, 0.6) is 0 Å². The van der Waals surface area contributed by atoms with Crippen LogP contribution < -0.4 is 22.8 Å². The van der Waals surface area contributed by atoms with E-state index >= 15 is 0 Å². The summed E-state index contributed by atoms with van der Waals surface area (Å²) < 4.78 is 27.0. The maximum absolute atomic E-state index is 11.9. The minimum absolute atomic E-state index is 0.0259. The van der Waals surface area contributed by atoms with Crippen molar-refractivity contribution in [3.63, 3.8) is 0 Å². The standard InChI is InChI=1S/C13H18IN3O3.C12H16IN3O4/c1-3-5-19-10-6-11(20-9(10)4-2)17-7-8(14)12(15)16-13(17)18;1-2-3-19-8-4-10(20-9(8)6-17)16-5-7(13)11(14)15-12(16)18/h3,7,9-11H,1,4-6H2,2H3,(H2,15,16,18);2,5,8-10,17H,1,3-4,6H2,(H2,14,15,18). The molecule has 5 N–H and O–H groups in total. The minimum Gasteiger partial charge on any atom is -0.394 e. The molecule has 0 spiro atoms. The van der Waals surface area contributed by atoms with E-state index in [9.17, 15) is 14.7 Å². The van der Waals surface area contributed by atoms with Gasteiger partial charge in [0.2, 0.25) is 0 Å². The van der Waals surface area contributed by atoms with Gasteiger partial charge in [-0.3, -0.25) is 9.13 Å². The summed E-state index contributed by atoms with van der Waals surface area (Å²) in [7, 11) is 0. The topological polar surface area (TPSA) is 179 Å². The van der Waals surface area contributed by atoms with Gasteiger partial charge in [0, 0.05) is 25.2 Å². The van der Waals surface area contributed by atoms with Gasteiger partial charge in [-0.25, -0.2) is 9.59 Å². The van der Waals surface area contributed by atoms with Crippen LogP contribution in [0.25, 0.3) is 0 Å². The number of rotatable bonds is 10. The van der Waals surface area contributed by atoms with Crippen LogP contribution in [-0.2, 0) is 18.9 Å². The predicted molar refractivity (Wildman–Crippen MR) is 166 cm³/mol. The SMILES string of the molecule is C=CCOC1CC(n2cc(I)c(N)nc2=O)OC1CC.C=CCOC1CC(n2cc(I)c(N)nc2=O)OC1CO. The summed E-state index contributed by atoms with van der Waals surface area (Å²) in [6.07, 6.45) is 6.82. The molecule has 13 nitrogen and oxygen atoms in total. The summed E-state index contributed by atoms with van der Waals surface area (Å²) >= 11 is 4.05. The van der Waals surface area contributed by atoms with E-state index in [1.807, 2.05) is 52.1 Å². The van der Waals surface area contributed by atoms with Crippen LogP contribution in [-0.4, -0.2) is 68.4 Å². The first-order valence-electron chi connectivity index (χ1n) is 12.6. The Bertz CT molecular complexity index is 1190. The van der Waals surface area contributed by atoms with Crippen molar-refractivity contribution >= 4 is 56.8 Å². The molecule has 0 aromatic carbocycles. The summed E-state index contributed by atoms with van der Waals surface area (Å²) in [4.78, 5) is 31.3. The van der Waals surface area contributed by atoms with Crippen LogP contribution in [0.15, 0.2) is 47.3 Å². The maximum Gasteiger partial charge on any atom is 0.351 e. The van der Waals surface area contributed by atoms with Gasteiger partial charge in [-0.1, -0.05) is 19.1 Å². The number of nitrogen functional groups attached to an aromatic ring is 2. The fourth-order valence-corrected chi connectivity index (χ4v) is 5.17. The molecule has 2 aliphatic heterocycles. The third kappa shape index (κ3) is 8.10. The summed E-state index contributed by atoms with van der Waals surface area (Å²) in [5.41, 5.74) is 10.3. The van der Waals surface area contributed by atoms with Gasteiger partial charge in [-0.15, -0.1) is 13.2 Å². The molecule has 0 saturated carbocycles. The van der Waals surface area contributed by atoms with Crippen LogP contribution in [0, 0.1) is 7.14 Å². The molecule has 6 atom stereocenters. The van der Waals surface area contributed by atoms with Crippen LogP contribution >= 0.6 is 45.2 Å². The van der Waals surface area contributed by atoms with Gasteiger partial charge in [0.25, 0.3) is 0 Å². The summed E-state index contributed by atoms with van der Waals surface area (Å²) in [5.74, 6) is 0.444. The molecule has 0 aliphatic carbocycles. The van der Waals surface area contributed by atoms with Crippen LogP contribution in [0.3, 0.4) is 0 Å². The number of halogens is 2. The molecule has 6 unspecified atom stereocenters. The number of aliphatic hydroxyl groups is 1. The number of nitrogens with zero attached hydrogens (tertiary/aromatic N) is 4. The third-order valence-corrected chi connectivity index (χ3v) is 7.95. The third-order valence-electron chi connectivity index (χ3n) is 6.29. The normalized spacial score (nSPS) is 25.8. The number of hydrogen-bond acceptors (Lipinski definition) is 11. The van der Waals surface area contributed by atoms with Crippen molar-refractivity contribution in [1.29, 1.82) is 0 Å². The molecule has 220 valence electrons. The van der Waals surface area contributed by atoms with Crippen molar-refractivity contribution < 1.29 is 24.1 Å². The average Bonchev–Trinajstić information content (AvgIpc) is 3.54. The molecule has 2 fully saturated rings. The first-order valence-corrected chi connectivity index (χ1v) is 14.7. The Morgan fingerprint density at radius 3 is 1.77 bits per heavy atom. The van der Waals surface area contributed by atoms with E-state index in [2.05, 4.69) is 23.1 Å². The number of hydrogen-bond donors (Lipinski definition) is 3. The fourth-order valence-electron chi connectivity index (χ4n) is 4.33. The Labute approximate surface area is 258 Å². The van der Waals surface area contributed by atoms with Crippen molar-refractivity contribution in [1.82, 2.24) is 19.1 Å². The molecule has 0 radical (unpaired) electrons. The van der Waals surface area contributed by atoms with E-state index in [0.29, 0.717) is 29.6 Å². The molecule has 2 aromatic rings. The second-order valence-electron chi connectivity index (χ2n) is 8.97. The summed E-state index contributed by atoms with van der Waals surface area (Å²) in [5, 5.41) is 9.31. The smallest absolute Gasteiger partial charge is 0.351 e. The number of aromatic nitrogens is 4. The van der Waals surface area contributed by atoms with E-state index in [1.54, 1.807) is 24.5 Å². The lowest BCUT2D eigenvalue weighted by atomic mass is 10.1. The Balaban J connectivity index is 0.000000220. The highest BCUT2D eigenvalue weighted by atomic mass is 127. The van der Waals surface area contributed by atoms with Gasteiger partial charge in [0.15, 0.2) is 0 Å². The minimum atomic E-state index is -0.518. The molecule has 4 rings (SSSR count). The van der Waals surface area contributed by atoms with E-state index in [0.717, 1.165) is 9.99 Å². The van der Waals surface area contributed by atoms with Crippen molar-refractivity contribution in [2.24, 2.45) is 0 Å². The Hall–Kier alpha value is -1.90. The highest BCUT2D eigenvalue weighted by molar-refractivity contribution is 14.1. The lowest BCUT2D eigenvalue weighted by molar-refractivity contribution is -0.0581. The highest BCUT2D eigenvalue weighted by Gasteiger charge is 2.37. The zero-order valence-electron chi connectivity index (χ0n) is 22.0. The summed E-state index contributed by atoms with van der Waals surface area (Å²) in [6, 6.07) is 0. The fraction of sp³-hybridized carbons (Fsp3) is 0.520. The molecule has 2 aliphatic rings. The molecular weight excluding hydrogens is 750 g/mol. The quantitative estimate of drug-likeness (QED) is 0.237. The van der Waals surface area contributed by atoms with Gasteiger partial charge in [0.1, 0.15) is 30.2 Å². The van der Waals surface area contributed by atoms with Crippen LogP contribution in [0.4, 0.5) is 11.6 Å². The van der Waals surface area contributed by atoms with Crippen molar-refractivity contribution in [2.45, 2.75) is 63.1 Å². The molecule has 0 bridgehead atoms. The lowest BCUT2D eigenvalue weighted by Crippen LogP contribution is -2.29. The number of anilines is 2. The van der Waals surface area contributed by atoms with E-state index in [1.165, 1.54) is 9.13 Å². The van der Waals surface area contributed by atoms with Gasteiger partial charge in [-0.2, -0.15) is 9.97 Å². The van der Waals surface area contributed by atoms with Gasteiger partial charge in [-0.05, 0) is 51.6 Å². The average molecular weight is 784 g/mol. The number of aliphatic hydroxyl groups excluding tert-OH is 1. The number of ether oxygens (including phenoxy) is 4. The second-order valence-corrected chi connectivity index (χ2v) is 11.3. The summed E-state index contributed by atoms with van der Waals surface area (Å²) in [6.45, 7) is 9.92. The van der Waals surface area contributed by atoms with Crippen molar-refractivity contribution in [3.8, 4) is 0 Å². The van der Waals surface area contributed by atoms with E-state index in [4.69, 9.17) is 30.4 Å². The van der Waals surface area contributed by atoms with Crippen LogP contribution in [0.2, 0.25) is 0 Å². The zero-order chi connectivity index (χ0) is 29.4. The largest absolute Gasteiger partial charge is 0.394 e. The monoisotopic (exact) mass is 784 g/mol. The molecule has 15 heteroatoms.